The van der Waals surface area contributed by atoms with Gasteiger partial charge in [-0.05, 0) is 29.7 Å². The summed E-state index contributed by atoms with van der Waals surface area (Å²) >= 11 is 0. The fourth-order valence-corrected chi connectivity index (χ4v) is 3.47. The highest BCUT2D eigenvalue weighted by molar-refractivity contribution is 5.94. The Bertz CT molecular complexity index is 886. The van der Waals surface area contributed by atoms with Crippen molar-refractivity contribution in [2.75, 3.05) is 20.3 Å². The standard InChI is InChI=1S/C21H22N2O6/c1-28-19-9-5-8-16(11-19)17(13-22(26)27)12-20(24)23-18(14-29-21(23)25)10-15-6-3-2-4-7-15/h2-9,11,17-18H,10,12-14H2,1H3. The first-order valence-corrected chi connectivity index (χ1v) is 9.26. The number of amides is 2. The SMILES string of the molecule is COc1cccc(C(CC(=O)N2C(=O)OCC2Cc2ccccc2)C[N+](=O)[O-])c1. The summed E-state index contributed by atoms with van der Waals surface area (Å²) in [6.45, 7) is -0.316. The van der Waals surface area contributed by atoms with Gasteiger partial charge >= 0.3 is 6.09 Å². The molecule has 2 amide bonds. The summed E-state index contributed by atoms with van der Waals surface area (Å²) in [5.74, 6) is -0.618. The maximum Gasteiger partial charge on any atom is 0.416 e. The molecule has 2 unspecified atom stereocenters. The molecule has 1 aliphatic heterocycles. The van der Waals surface area contributed by atoms with Crippen molar-refractivity contribution < 1.29 is 24.0 Å². The molecular formula is C21H22N2O6. The third-order valence-corrected chi connectivity index (χ3v) is 4.90. The number of methoxy groups -OCH3 is 1. The Balaban J connectivity index is 1.78. The second-order valence-electron chi connectivity index (χ2n) is 6.88. The molecule has 2 aromatic carbocycles. The summed E-state index contributed by atoms with van der Waals surface area (Å²) in [6, 6.07) is 15.9. The van der Waals surface area contributed by atoms with Crippen LogP contribution in [0.2, 0.25) is 0 Å². The van der Waals surface area contributed by atoms with Gasteiger partial charge < -0.3 is 9.47 Å². The van der Waals surface area contributed by atoms with Gasteiger partial charge in [0.15, 0.2) is 0 Å². The molecule has 2 atom stereocenters. The predicted octanol–water partition coefficient (Wildman–Crippen LogP) is 3.04. The number of ether oxygens (including phenoxy) is 2. The number of imide groups is 1. The molecule has 0 spiro atoms. The smallest absolute Gasteiger partial charge is 0.416 e. The lowest BCUT2D eigenvalue weighted by molar-refractivity contribution is -0.483. The van der Waals surface area contributed by atoms with Crippen LogP contribution in [-0.2, 0) is 16.0 Å². The van der Waals surface area contributed by atoms with Crippen molar-refractivity contribution in [2.45, 2.75) is 24.8 Å². The van der Waals surface area contributed by atoms with Crippen molar-refractivity contribution in [1.82, 2.24) is 4.90 Å². The average molecular weight is 398 g/mol. The first kappa shape index (κ1) is 20.3. The topological polar surface area (TPSA) is 99.0 Å². The molecule has 152 valence electrons. The first-order chi connectivity index (χ1) is 14.0. The van der Waals surface area contributed by atoms with Crippen LogP contribution < -0.4 is 4.74 Å². The molecule has 0 saturated carbocycles. The molecule has 1 heterocycles. The van der Waals surface area contributed by atoms with Crippen LogP contribution >= 0.6 is 0 Å². The first-order valence-electron chi connectivity index (χ1n) is 9.26. The maximum atomic E-state index is 12.9. The molecule has 2 aromatic rings. The lowest BCUT2D eigenvalue weighted by atomic mass is 9.94. The molecule has 0 N–H and O–H groups in total. The Hall–Kier alpha value is -3.42. The van der Waals surface area contributed by atoms with Crippen LogP contribution in [0, 0.1) is 10.1 Å². The van der Waals surface area contributed by atoms with E-state index in [0.717, 1.165) is 10.5 Å². The Kier molecular flexibility index (Phi) is 6.43. The molecular weight excluding hydrogens is 376 g/mol. The Morgan fingerprint density at radius 1 is 1.28 bits per heavy atom. The normalized spacial score (nSPS) is 16.9. The number of carbonyl (C=O) groups is 2. The van der Waals surface area contributed by atoms with E-state index >= 15 is 0 Å². The van der Waals surface area contributed by atoms with E-state index in [4.69, 9.17) is 9.47 Å². The lowest BCUT2D eigenvalue weighted by Crippen LogP contribution is -2.41. The molecule has 8 heteroatoms. The van der Waals surface area contributed by atoms with Crippen molar-refractivity contribution in [3.05, 3.63) is 75.8 Å². The van der Waals surface area contributed by atoms with Crippen molar-refractivity contribution >= 4 is 12.0 Å². The third-order valence-electron chi connectivity index (χ3n) is 4.90. The molecule has 0 bridgehead atoms. The van der Waals surface area contributed by atoms with E-state index in [1.165, 1.54) is 7.11 Å². The van der Waals surface area contributed by atoms with Crippen LogP contribution in [0.4, 0.5) is 4.79 Å². The number of cyclic esters (lactones) is 1. The highest BCUT2D eigenvalue weighted by atomic mass is 16.6. The molecule has 8 nitrogen and oxygen atoms in total. The van der Waals surface area contributed by atoms with Crippen molar-refractivity contribution in [1.29, 1.82) is 0 Å². The Morgan fingerprint density at radius 3 is 2.72 bits per heavy atom. The predicted molar refractivity (Wildman–Crippen MR) is 104 cm³/mol. The van der Waals surface area contributed by atoms with Crippen molar-refractivity contribution in [3.63, 3.8) is 0 Å². The van der Waals surface area contributed by atoms with Gasteiger partial charge in [0.2, 0.25) is 12.5 Å². The summed E-state index contributed by atoms with van der Waals surface area (Å²) in [5.41, 5.74) is 1.59. The van der Waals surface area contributed by atoms with Gasteiger partial charge in [-0.3, -0.25) is 14.9 Å². The monoisotopic (exact) mass is 398 g/mol. The van der Waals surface area contributed by atoms with Crippen LogP contribution in [0.5, 0.6) is 5.75 Å². The Morgan fingerprint density at radius 2 is 2.03 bits per heavy atom. The van der Waals surface area contributed by atoms with Gasteiger partial charge in [-0.2, -0.15) is 0 Å². The van der Waals surface area contributed by atoms with Crippen LogP contribution in [-0.4, -0.2) is 48.1 Å². The minimum atomic E-state index is -0.707. The fraction of sp³-hybridized carbons (Fsp3) is 0.333. The number of rotatable bonds is 8. The Labute approximate surface area is 168 Å². The molecule has 0 radical (unpaired) electrons. The number of hydrogen-bond donors (Lipinski definition) is 0. The second kappa shape index (κ2) is 9.18. The van der Waals surface area contributed by atoms with Crippen LogP contribution in [0.1, 0.15) is 23.5 Å². The minimum absolute atomic E-state index is 0.110. The van der Waals surface area contributed by atoms with Crippen LogP contribution in [0.3, 0.4) is 0 Å². The summed E-state index contributed by atoms with van der Waals surface area (Å²) in [6.07, 6.45) is -0.409. The van der Waals surface area contributed by atoms with Gasteiger partial charge in [-0.1, -0.05) is 42.5 Å². The third kappa shape index (κ3) is 5.10. The van der Waals surface area contributed by atoms with E-state index in [0.29, 0.717) is 17.7 Å². The van der Waals surface area contributed by atoms with Crippen LogP contribution in [0.15, 0.2) is 54.6 Å². The van der Waals surface area contributed by atoms with Crippen molar-refractivity contribution in [2.24, 2.45) is 0 Å². The highest BCUT2D eigenvalue weighted by Gasteiger charge is 2.39. The molecule has 1 saturated heterocycles. The van der Waals surface area contributed by atoms with Crippen molar-refractivity contribution in [3.8, 4) is 5.75 Å². The maximum absolute atomic E-state index is 12.9. The summed E-state index contributed by atoms with van der Waals surface area (Å²) in [5, 5.41) is 11.2. The van der Waals surface area contributed by atoms with E-state index in [-0.39, 0.29) is 13.0 Å². The number of nitrogens with zero attached hydrogens (tertiary/aromatic N) is 2. The molecule has 3 rings (SSSR count). The van der Waals surface area contributed by atoms with Gasteiger partial charge in [0.25, 0.3) is 0 Å². The van der Waals surface area contributed by atoms with E-state index in [1.807, 2.05) is 30.3 Å². The molecule has 0 aromatic heterocycles. The largest absolute Gasteiger partial charge is 0.497 e. The zero-order valence-electron chi connectivity index (χ0n) is 16.0. The number of nitro groups is 1. The minimum Gasteiger partial charge on any atom is -0.497 e. The van der Waals surface area contributed by atoms with E-state index in [2.05, 4.69) is 0 Å². The number of carbonyl (C=O) groups excluding carboxylic acids is 2. The molecule has 1 fully saturated rings. The van der Waals surface area contributed by atoms with Crippen LogP contribution in [0.25, 0.3) is 0 Å². The average Bonchev–Trinajstić information content (AvgIpc) is 3.08. The summed E-state index contributed by atoms with van der Waals surface area (Å²) < 4.78 is 10.3. The molecule has 29 heavy (non-hydrogen) atoms. The van der Waals surface area contributed by atoms with Gasteiger partial charge in [0, 0.05) is 11.3 Å². The molecule has 1 aliphatic rings. The van der Waals surface area contributed by atoms with E-state index in [9.17, 15) is 19.7 Å². The van der Waals surface area contributed by atoms with E-state index < -0.39 is 35.4 Å². The summed E-state index contributed by atoms with van der Waals surface area (Å²) in [7, 11) is 1.50. The zero-order valence-corrected chi connectivity index (χ0v) is 16.0. The van der Waals surface area contributed by atoms with Gasteiger partial charge in [0.1, 0.15) is 12.4 Å². The number of benzene rings is 2. The van der Waals surface area contributed by atoms with E-state index in [1.54, 1.807) is 24.3 Å². The van der Waals surface area contributed by atoms with Gasteiger partial charge in [-0.25, -0.2) is 9.69 Å². The van der Waals surface area contributed by atoms with Gasteiger partial charge in [0.05, 0.1) is 19.1 Å². The zero-order chi connectivity index (χ0) is 20.8. The van der Waals surface area contributed by atoms with Gasteiger partial charge in [-0.15, -0.1) is 0 Å². The summed E-state index contributed by atoms with van der Waals surface area (Å²) in [4.78, 5) is 36.9. The molecule has 0 aliphatic carbocycles. The second-order valence-corrected chi connectivity index (χ2v) is 6.88. The fourth-order valence-electron chi connectivity index (χ4n) is 3.47. The quantitative estimate of drug-likeness (QED) is 0.501. The highest BCUT2D eigenvalue weighted by Crippen LogP contribution is 2.27. The number of hydrogen-bond acceptors (Lipinski definition) is 6. The lowest BCUT2D eigenvalue weighted by Gasteiger charge is -2.22.